The number of hydrogen-bond donors (Lipinski definition) is 0. The van der Waals surface area contributed by atoms with Crippen LogP contribution in [0.3, 0.4) is 0 Å². The molecule has 222 valence electrons. The molecule has 2 aromatic carbocycles. The number of nitriles is 1. The number of ether oxygens (including phenoxy) is 4. The minimum atomic E-state index is -0.615. The largest absolute Gasteiger partial charge is 0.483 e. The molecule has 0 unspecified atom stereocenters. The minimum absolute atomic E-state index is 0.0132. The van der Waals surface area contributed by atoms with Gasteiger partial charge in [0.1, 0.15) is 18.5 Å². The first kappa shape index (κ1) is 28.5. The molecule has 0 N–H and O–H groups in total. The number of nitrogens with zero attached hydrogens (tertiary/aromatic N) is 6. The van der Waals surface area contributed by atoms with Crippen LogP contribution in [0.25, 0.3) is 11.0 Å². The molecule has 2 aromatic heterocycles. The van der Waals surface area contributed by atoms with Gasteiger partial charge in [-0.3, -0.25) is 4.90 Å². The molecule has 0 amide bonds. The highest BCUT2D eigenvalue weighted by molar-refractivity contribution is 5.93. The summed E-state index contributed by atoms with van der Waals surface area (Å²) in [7, 11) is 1.38. The van der Waals surface area contributed by atoms with Gasteiger partial charge in [-0.1, -0.05) is 0 Å². The zero-order chi connectivity index (χ0) is 29.8. The zero-order valence-corrected chi connectivity index (χ0v) is 23.7. The Morgan fingerprint density at radius 3 is 2.70 bits per heavy atom. The highest BCUT2D eigenvalue weighted by atomic mass is 19.1. The van der Waals surface area contributed by atoms with Gasteiger partial charge in [-0.05, 0) is 55.7 Å². The molecule has 11 nitrogen and oxygen atoms in total. The van der Waals surface area contributed by atoms with Gasteiger partial charge in [0.05, 0.1) is 54.5 Å². The Hall–Kier alpha value is -4.60. The predicted molar refractivity (Wildman–Crippen MR) is 152 cm³/mol. The minimum Gasteiger partial charge on any atom is -0.483 e. The SMILES string of the molecule is COC(=O)c1ccc2nc(CN3CCC(Oc4ccnc(COc5ccc(C#N)cc5F)n4)CC3)n(C[C@@H]3CCO3)c2c1. The summed E-state index contributed by atoms with van der Waals surface area (Å²) in [6.07, 6.45) is 4.34. The van der Waals surface area contributed by atoms with Crippen LogP contribution < -0.4 is 9.47 Å². The van der Waals surface area contributed by atoms with Crippen molar-refractivity contribution in [1.82, 2.24) is 24.4 Å². The Labute approximate surface area is 247 Å². The molecule has 4 heterocycles. The summed E-state index contributed by atoms with van der Waals surface area (Å²) in [5.41, 5.74) is 2.46. The van der Waals surface area contributed by atoms with Gasteiger partial charge < -0.3 is 23.5 Å². The summed E-state index contributed by atoms with van der Waals surface area (Å²) in [4.78, 5) is 28.0. The van der Waals surface area contributed by atoms with Gasteiger partial charge in [0, 0.05) is 32.0 Å². The monoisotopic (exact) mass is 586 g/mol. The lowest BCUT2D eigenvalue weighted by atomic mass is 10.1. The first-order chi connectivity index (χ1) is 21.0. The molecule has 43 heavy (non-hydrogen) atoms. The lowest BCUT2D eigenvalue weighted by molar-refractivity contribution is -0.0592. The summed E-state index contributed by atoms with van der Waals surface area (Å²) in [6, 6.07) is 13.1. The van der Waals surface area contributed by atoms with E-state index in [-0.39, 0.29) is 36.1 Å². The topological polar surface area (TPSA) is 125 Å². The van der Waals surface area contributed by atoms with Crippen molar-refractivity contribution in [1.29, 1.82) is 5.26 Å². The first-order valence-corrected chi connectivity index (χ1v) is 14.2. The molecular weight excluding hydrogens is 555 g/mol. The van der Waals surface area contributed by atoms with Crippen molar-refractivity contribution < 1.29 is 28.1 Å². The van der Waals surface area contributed by atoms with E-state index >= 15 is 0 Å². The molecule has 0 radical (unpaired) electrons. The van der Waals surface area contributed by atoms with Crippen LogP contribution in [0, 0.1) is 17.1 Å². The molecule has 0 spiro atoms. The van der Waals surface area contributed by atoms with Gasteiger partial charge >= 0.3 is 5.97 Å². The summed E-state index contributed by atoms with van der Waals surface area (Å²) in [5, 5.41) is 8.90. The molecule has 2 saturated heterocycles. The number of likely N-dealkylation sites (tertiary alicyclic amines) is 1. The summed E-state index contributed by atoms with van der Waals surface area (Å²) >= 11 is 0. The molecule has 0 saturated carbocycles. The fourth-order valence-electron chi connectivity index (χ4n) is 5.28. The van der Waals surface area contributed by atoms with Crippen LogP contribution in [0.15, 0.2) is 48.7 Å². The smallest absolute Gasteiger partial charge is 0.337 e. The lowest BCUT2D eigenvalue weighted by Gasteiger charge is -2.32. The van der Waals surface area contributed by atoms with Crippen LogP contribution in [0.2, 0.25) is 0 Å². The fraction of sp³-hybridized carbons (Fsp3) is 0.387. The van der Waals surface area contributed by atoms with Crippen LogP contribution in [-0.2, 0) is 29.2 Å². The van der Waals surface area contributed by atoms with Gasteiger partial charge in [0.15, 0.2) is 17.4 Å². The second-order valence-corrected chi connectivity index (χ2v) is 10.6. The molecule has 12 heteroatoms. The number of benzene rings is 2. The van der Waals surface area contributed by atoms with E-state index in [1.54, 1.807) is 18.3 Å². The fourth-order valence-corrected chi connectivity index (χ4v) is 5.28. The van der Waals surface area contributed by atoms with E-state index in [1.807, 2.05) is 18.2 Å². The van der Waals surface area contributed by atoms with Crippen molar-refractivity contribution in [3.05, 3.63) is 77.3 Å². The number of halogens is 1. The Balaban J connectivity index is 1.06. The first-order valence-electron chi connectivity index (χ1n) is 14.2. The van der Waals surface area contributed by atoms with Crippen LogP contribution in [-0.4, -0.2) is 69.4 Å². The Kier molecular flexibility index (Phi) is 8.44. The maximum Gasteiger partial charge on any atom is 0.337 e. The van der Waals surface area contributed by atoms with E-state index in [2.05, 4.69) is 19.4 Å². The molecule has 2 aliphatic rings. The van der Waals surface area contributed by atoms with Crippen LogP contribution in [0.4, 0.5) is 4.39 Å². The summed E-state index contributed by atoms with van der Waals surface area (Å²) in [6.45, 7) is 3.73. The maximum absolute atomic E-state index is 14.1. The van der Waals surface area contributed by atoms with Gasteiger partial charge in [-0.25, -0.2) is 19.2 Å². The normalized spacial score (nSPS) is 17.3. The second kappa shape index (κ2) is 12.7. The van der Waals surface area contributed by atoms with Gasteiger partial charge in [-0.15, -0.1) is 0 Å². The van der Waals surface area contributed by atoms with Gasteiger partial charge in [-0.2, -0.15) is 10.2 Å². The van der Waals surface area contributed by atoms with Crippen molar-refractivity contribution in [2.75, 3.05) is 26.8 Å². The van der Waals surface area contributed by atoms with Gasteiger partial charge in [0.25, 0.3) is 0 Å². The second-order valence-electron chi connectivity index (χ2n) is 10.6. The average Bonchev–Trinajstić information content (AvgIpc) is 3.34. The Morgan fingerprint density at radius 1 is 1.14 bits per heavy atom. The average molecular weight is 587 g/mol. The number of aromatic nitrogens is 4. The number of hydrogen-bond acceptors (Lipinski definition) is 10. The maximum atomic E-state index is 14.1. The number of carbonyl (C=O) groups is 1. The standard InChI is InChI=1S/C31H31FN6O5/c1-40-31(39)21-3-4-25-26(15-21)38(17-23-9-13-41-23)29(35-25)18-37-11-7-22(8-12-37)43-30-6-10-34-28(36-30)19-42-27-5-2-20(16-33)14-24(27)32/h2-6,10,14-15,22-23H,7-9,11-13,17-19H2,1H3/t23-/m0/s1. The van der Waals surface area contributed by atoms with Crippen molar-refractivity contribution in [3.63, 3.8) is 0 Å². The number of piperidine rings is 1. The summed E-state index contributed by atoms with van der Waals surface area (Å²) in [5.74, 6) is 0.780. The highest BCUT2D eigenvalue weighted by Gasteiger charge is 2.26. The number of fused-ring (bicyclic) bond motifs is 1. The Morgan fingerprint density at radius 2 is 1.98 bits per heavy atom. The van der Waals surface area contributed by atoms with Crippen molar-refractivity contribution in [3.8, 4) is 17.7 Å². The molecular formula is C31H31FN6O5. The van der Waals surface area contributed by atoms with Crippen LogP contribution in [0.5, 0.6) is 11.6 Å². The third kappa shape index (κ3) is 6.58. The molecule has 4 aromatic rings. The van der Waals surface area contributed by atoms with E-state index in [1.165, 1.54) is 19.2 Å². The number of rotatable bonds is 10. The highest BCUT2D eigenvalue weighted by Crippen LogP contribution is 2.25. The molecule has 1 atom stereocenters. The van der Waals surface area contributed by atoms with E-state index in [4.69, 9.17) is 29.2 Å². The van der Waals surface area contributed by atoms with Gasteiger partial charge in [0.2, 0.25) is 5.88 Å². The quantitative estimate of drug-likeness (QED) is 0.252. The third-order valence-electron chi connectivity index (χ3n) is 7.71. The van der Waals surface area contributed by atoms with Crippen LogP contribution in [0.1, 0.15) is 46.8 Å². The van der Waals surface area contributed by atoms with E-state index in [0.29, 0.717) is 30.4 Å². The molecule has 0 bridgehead atoms. The Bertz CT molecular complexity index is 1660. The van der Waals surface area contributed by atoms with Crippen molar-refractivity contribution >= 4 is 17.0 Å². The van der Waals surface area contributed by atoms with Crippen molar-refractivity contribution in [2.45, 2.75) is 51.2 Å². The molecule has 2 fully saturated rings. The predicted octanol–water partition coefficient (Wildman–Crippen LogP) is 4.03. The summed E-state index contributed by atoms with van der Waals surface area (Å²) < 4.78 is 38.6. The number of esters is 1. The van der Waals surface area contributed by atoms with E-state index < -0.39 is 5.82 Å². The molecule has 0 aliphatic carbocycles. The molecule has 6 rings (SSSR count). The zero-order valence-electron chi connectivity index (χ0n) is 23.7. The lowest BCUT2D eigenvalue weighted by Crippen LogP contribution is -2.39. The third-order valence-corrected chi connectivity index (χ3v) is 7.71. The van der Waals surface area contributed by atoms with E-state index in [9.17, 15) is 9.18 Å². The number of imidazole rings is 1. The van der Waals surface area contributed by atoms with Crippen LogP contribution >= 0.6 is 0 Å². The van der Waals surface area contributed by atoms with E-state index in [0.717, 1.165) is 61.9 Å². The molecule has 2 aliphatic heterocycles. The van der Waals surface area contributed by atoms with Crippen molar-refractivity contribution in [2.24, 2.45) is 0 Å². The number of carbonyl (C=O) groups excluding carboxylic acids is 1. The number of methoxy groups -OCH3 is 1.